The Morgan fingerprint density at radius 3 is 2.79 bits per heavy atom. The van der Waals surface area contributed by atoms with E-state index in [4.69, 9.17) is 22.8 Å². The van der Waals surface area contributed by atoms with Gasteiger partial charge in [-0.15, -0.1) is 6.42 Å². The van der Waals surface area contributed by atoms with Crippen molar-refractivity contribution in [3.05, 3.63) is 34.9 Å². The van der Waals surface area contributed by atoms with E-state index in [1.165, 1.54) is 0 Å². The molecule has 0 saturated heterocycles. The van der Waals surface area contributed by atoms with E-state index in [0.717, 1.165) is 0 Å². The van der Waals surface area contributed by atoms with Gasteiger partial charge in [0.25, 0.3) is 0 Å². The molecule has 1 unspecified atom stereocenters. The highest BCUT2D eigenvalue weighted by atomic mass is 35.5. The molecule has 1 atom stereocenters. The van der Waals surface area contributed by atoms with E-state index in [9.17, 15) is 9.90 Å². The van der Waals surface area contributed by atoms with Gasteiger partial charge in [-0.25, -0.2) is 0 Å². The largest absolute Gasteiger partial charge is 0.387 e. The third-order valence-corrected chi connectivity index (χ3v) is 2.66. The second-order valence-corrected chi connectivity index (χ2v) is 4.31. The molecule has 0 aliphatic carbocycles. The van der Waals surface area contributed by atoms with Crippen LogP contribution in [0.2, 0.25) is 5.02 Å². The van der Waals surface area contributed by atoms with Crippen molar-refractivity contribution in [2.45, 2.75) is 12.5 Å². The summed E-state index contributed by atoms with van der Waals surface area (Å²) in [4.78, 5) is 11.4. The van der Waals surface area contributed by atoms with Crippen molar-refractivity contribution in [3.63, 3.8) is 0 Å². The number of halogens is 1. The number of benzene rings is 1. The first-order valence-electron chi connectivity index (χ1n) is 5.85. The van der Waals surface area contributed by atoms with Crippen LogP contribution < -0.4 is 5.32 Å². The Labute approximate surface area is 117 Å². The summed E-state index contributed by atoms with van der Waals surface area (Å²) in [5, 5.41) is 13.1. The van der Waals surface area contributed by atoms with Crippen LogP contribution in [-0.2, 0) is 9.53 Å². The van der Waals surface area contributed by atoms with Gasteiger partial charge in [0, 0.05) is 11.6 Å². The van der Waals surface area contributed by atoms with Gasteiger partial charge < -0.3 is 15.2 Å². The Bertz CT molecular complexity index is 439. The maximum Gasteiger partial charge on any atom is 0.222 e. The van der Waals surface area contributed by atoms with Gasteiger partial charge >= 0.3 is 0 Å². The van der Waals surface area contributed by atoms with Gasteiger partial charge in [-0.2, -0.15) is 0 Å². The van der Waals surface area contributed by atoms with E-state index >= 15 is 0 Å². The van der Waals surface area contributed by atoms with Gasteiger partial charge in [0.05, 0.1) is 19.1 Å². The van der Waals surface area contributed by atoms with Gasteiger partial charge in [0.1, 0.15) is 6.61 Å². The lowest BCUT2D eigenvalue weighted by Gasteiger charge is -2.12. The number of ether oxygens (including phenoxy) is 1. The fourth-order valence-electron chi connectivity index (χ4n) is 1.40. The van der Waals surface area contributed by atoms with Crippen molar-refractivity contribution in [1.82, 2.24) is 5.32 Å². The number of amides is 1. The molecule has 1 aromatic rings. The molecule has 0 radical (unpaired) electrons. The van der Waals surface area contributed by atoms with E-state index in [0.29, 0.717) is 10.6 Å². The molecule has 0 saturated carbocycles. The highest BCUT2D eigenvalue weighted by Gasteiger charge is 2.09. The minimum Gasteiger partial charge on any atom is -0.387 e. The van der Waals surface area contributed by atoms with Crippen LogP contribution in [0.15, 0.2) is 24.3 Å². The fourth-order valence-corrected chi connectivity index (χ4v) is 1.52. The minimum absolute atomic E-state index is 0.148. The zero-order chi connectivity index (χ0) is 14.1. The molecular weight excluding hydrogens is 266 g/mol. The summed E-state index contributed by atoms with van der Waals surface area (Å²) in [6.45, 7) is 0.614. The number of rotatable bonds is 7. The summed E-state index contributed by atoms with van der Waals surface area (Å²) < 4.78 is 4.98. The van der Waals surface area contributed by atoms with E-state index in [-0.39, 0.29) is 32.1 Å². The molecule has 0 spiro atoms. The standard InChI is InChI=1S/C14H16ClNO3/c1-2-8-19-9-7-14(18)16-10-13(17)11-3-5-12(15)6-4-11/h1,3-6,13,17H,7-10H2,(H,16,18). The molecule has 5 heteroatoms. The lowest BCUT2D eigenvalue weighted by atomic mass is 10.1. The van der Waals surface area contributed by atoms with Crippen LogP contribution in [-0.4, -0.2) is 30.8 Å². The number of terminal acetylenes is 1. The first-order chi connectivity index (χ1) is 9.13. The molecule has 0 aliphatic rings. The second kappa shape index (κ2) is 8.54. The zero-order valence-corrected chi connectivity index (χ0v) is 11.2. The predicted octanol–water partition coefficient (Wildman–Crippen LogP) is 1.53. The molecule has 102 valence electrons. The summed E-state index contributed by atoms with van der Waals surface area (Å²) in [6.07, 6.45) is 4.46. The Hall–Kier alpha value is -1.54. The number of hydrogen-bond acceptors (Lipinski definition) is 3. The minimum atomic E-state index is -0.757. The smallest absolute Gasteiger partial charge is 0.222 e. The third kappa shape index (κ3) is 6.25. The van der Waals surface area contributed by atoms with Crippen LogP contribution in [0.4, 0.5) is 0 Å². The molecule has 0 heterocycles. The van der Waals surface area contributed by atoms with Crippen LogP contribution in [0.25, 0.3) is 0 Å². The summed E-state index contributed by atoms with van der Waals surface area (Å²) in [7, 11) is 0. The molecule has 1 rings (SSSR count). The molecule has 2 N–H and O–H groups in total. The Balaban J connectivity index is 2.26. The van der Waals surface area contributed by atoms with Gasteiger partial charge in [0.2, 0.25) is 5.91 Å². The molecule has 1 aromatic carbocycles. The summed E-state index contributed by atoms with van der Waals surface area (Å²) in [5.74, 6) is 2.12. The average molecular weight is 282 g/mol. The zero-order valence-electron chi connectivity index (χ0n) is 10.4. The molecule has 19 heavy (non-hydrogen) atoms. The normalized spacial score (nSPS) is 11.6. The van der Waals surface area contributed by atoms with Crippen LogP contribution >= 0.6 is 11.6 Å². The number of aliphatic hydroxyl groups is 1. The fraction of sp³-hybridized carbons (Fsp3) is 0.357. The third-order valence-electron chi connectivity index (χ3n) is 2.41. The quantitative estimate of drug-likeness (QED) is 0.589. The Kier molecular flexibility index (Phi) is 6.98. The molecule has 1 amide bonds. The maximum absolute atomic E-state index is 11.4. The number of carbonyl (C=O) groups excluding carboxylic acids is 1. The van der Waals surface area contributed by atoms with E-state index < -0.39 is 6.10 Å². The predicted molar refractivity (Wildman–Crippen MR) is 73.7 cm³/mol. The van der Waals surface area contributed by atoms with E-state index in [2.05, 4.69) is 11.2 Å². The Morgan fingerprint density at radius 2 is 2.16 bits per heavy atom. The SMILES string of the molecule is C#CCOCCC(=O)NCC(O)c1ccc(Cl)cc1. The van der Waals surface area contributed by atoms with Gasteiger partial charge in [-0.1, -0.05) is 29.7 Å². The van der Waals surface area contributed by atoms with Crippen molar-refractivity contribution in [3.8, 4) is 12.3 Å². The van der Waals surface area contributed by atoms with Gasteiger partial charge in [0.15, 0.2) is 0 Å². The topological polar surface area (TPSA) is 58.6 Å². The average Bonchev–Trinajstić information content (AvgIpc) is 2.42. The highest BCUT2D eigenvalue weighted by Crippen LogP contribution is 2.15. The second-order valence-electron chi connectivity index (χ2n) is 3.88. The van der Waals surface area contributed by atoms with Crippen molar-refractivity contribution in [2.24, 2.45) is 0 Å². The lowest BCUT2D eigenvalue weighted by molar-refractivity contribution is -0.122. The monoisotopic (exact) mass is 281 g/mol. The molecule has 0 aliphatic heterocycles. The summed E-state index contributed by atoms with van der Waals surface area (Å²) in [5.41, 5.74) is 0.702. The van der Waals surface area contributed by atoms with Crippen molar-refractivity contribution < 1.29 is 14.6 Å². The maximum atomic E-state index is 11.4. The summed E-state index contributed by atoms with van der Waals surface area (Å²) in [6, 6.07) is 6.82. The Morgan fingerprint density at radius 1 is 1.47 bits per heavy atom. The number of carbonyl (C=O) groups is 1. The number of hydrogen-bond donors (Lipinski definition) is 2. The van der Waals surface area contributed by atoms with Gasteiger partial charge in [-0.3, -0.25) is 4.79 Å². The number of aliphatic hydroxyl groups excluding tert-OH is 1. The van der Waals surface area contributed by atoms with Crippen molar-refractivity contribution in [2.75, 3.05) is 19.8 Å². The molecule has 0 aromatic heterocycles. The van der Waals surface area contributed by atoms with E-state index in [1.54, 1.807) is 24.3 Å². The van der Waals surface area contributed by atoms with Crippen molar-refractivity contribution in [1.29, 1.82) is 0 Å². The molecular formula is C14H16ClNO3. The first kappa shape index (κ1) is 15.5. The van der Waals surface area contributed by atoms with Crippen molar-refractivity contribution >= 4 is 17.5 Å². The van der Waals surface area contributed by atoms with Crippen LogP contribution in [0.5, 0.6) is 0 Å². The molecule has 0 bridgehead atoms. The first-order valence-corrected chi connectivity index (χ1v) is 6.22. The lowest BCUT2D eigenvalue weighted by Crippen LogP contribution is -2.29. The van der Waals surface area contributed by atoms with E-state index in [1.807, 2.05) is 0 Å². The summed E-state index contributed by atoms with van der Waals surface area (Å²) >= 11 is 5.75. The molecule has 0 fully saturated rings. The number of nitrogens with one attached hydrogen (secondary N) is 1. The molecule has 4 nitrogen and oxygen atoms in total. The highest BCUT2D eigenvalue weighted by molar-refractivity contribution is 6.30. The van der Waals surface area contributed by atoms with Crippen LogP contribution in [0, 0.1) is 12.3 Å². The van der Waals surface area contributed by atoms with Gasteiger partial charge in [-0.05, 0) is 17.7 Å². The van der Waals surface area contributed by atoms with Crippen LogP contribution in [0.1, 0.15) is 18.1 Å². The van der Waals surface area contributed by atoms with Crippen LogP contribution in [0.3, 0.4) is 0 Å².